The van der Waals surface area contributed by atoms with Crippen LogP contribution in [0.5, 0.6) is 0 Å². The summed E-state index contributed by atoms with van der Waals surface area (Å²) in [6.07, 6.45) is -19.8. The Morgan fingerprint density at radius 2 is 0.434 bits per heavy atom. The minimum absolute atomic E-state index is 0.0135. The summed E-state index contributed by atoms with van der Waals surface area (Å²) in [7, 11) is -3.56. The van der Waals surface area contributed by atoms with Crippen LogP contribution >= 0.6 is 23.8 Å². The average molecular weight is 2040 g/mol. The molecule has 143 heavy (non-hydrogen) atoms. The molecule has 39 nitrogen and oxygen atoms in total. The quantitative estimate of drug-likeness (QED) is 0.0125. The smallest absolute Gasteiger partial charge is 0.251 e. The number of aliphatic hydroxyl groups excluding tert-OH is 19. The third-order valence-electron chi connectivity index (χ3n) is 21.6. The van der Waals surface area contributed by atoms with Crippen molar-refractivity contribution < 1.29 is 150 Å². The Morgan fingerprint density at radius 1 is 0.245 bits per heavy atom. The molecule has 28 N–H and O–H groups in total. The first kappa shape index (κ1) is 119. The Labute approximate surface area is 831 Å². The molecule has 9 aromatic rings. The maximum absolute atomic E-state index is 12.9. The van der Waals surface area contributed by atoms with Gasteiger partial charge in [0.15, 0.2) is 0 Å². The monoisotopic (exact) mass is 2040 g/mol. The van der Waals surface area contributed by atoms with E-state index in [1.54, 1.807) is 84.9 Å². The van der Waals surface area contributed by atoms with Gasteiger partial charge in [-0.15, -0.1) is 0 Å². The summed E-state index contributed by atoms with van der Waals surface area (Å²) >= 11 is 0. The first-order chi connectivity index (χ1) is 68.8. The molecule has 0 spiro atoms. The number of carbonyl (C=O) groups is 8. The van der Waals surface area contributed by atoms with E-state index < -0.39 is 148 Å². The predicted octanol–water partition coefficient (Wildman–Crippen LogP) is -5.51. The topological polar surface area (TPSA) is 657 Å². The minimum Gasteiger partial charge on any atom is -0.395 e. The lowest BCUT2D eigenvalue weighted by Gasteiger charge is -2.25. The minimum atomic E-state index is -1.88. The fourth-order valence-electron chi connectivity index (χ4n) is 13.6. The van der Waals surface area contributed by atoms with E-state index in [1.165, 1.54) is 43.3 Å². The molecule has 9 aromatic carbocycles. The highest BCUT2D eigenvalue weighted by Crippen LogP contribution is 2.37. The van der Waals surface area contributed by atoms with Crippen molar-refractivity contribution in [3.8, 4) is 0 Å². The van der Waals surface area contributed by atoms with E-state index >= 15 is 0 Å². The summed E-state index contributed by atoms with van der Waals surface area (Å²) in [5.41, 5.74) is 4.77. The molecular weight excluding hydrogens is 1910 g/mol. The van der Waals surface area contributed by atoms with E-state index in [2.05, 4.69) is 66.6 Å². The molecule has 0 fully saturated rings. The van der Waals surface area contributed by atoms with E-state index in [0.29, 0.717) is 96.3 Å². The normalized spacial score (nSPS) is 14.0. The Bertz CT molecular complexity index is 4950. The van der Waals surface area contributed by atoms with Gasteiger partial charge in [0, 0.05) is 109 Å². The lowest BCUT2D eigenvalue weighted by atomic mass is 10.0. The predicted molar refractivity (Wildman–Crippen MR) is 541 cm³/mol. The third kappa shape index (κ3) is 38.0. The lowest BCUT2D eigenvalue weighted by Crippen LogP contribution is -2.49. The molecule has 0 saturated carbocycles. The van der Waals surface area contributed by atoms with Crippen molar-refractivity contribution in [2.75, 3.05) is 145 Å². The largest absolute Gasteiger partial charge is 0.395 e. The Kier molecular flexibility index (Phi) is 52.9. The fraction of sp³-hybridized carbons (Fsp3) is 0.366. The molecule has 12 unspecified atom stereocenters. The second-order valence-electron chi connectivity index (χ2n) is 32.1. The molecule has 0 saturated heterocycles. The first-order valence-electron chi connectivity index (χ1n) is 45.9. The van der Waals surface area contributed by atoms with Crippen LogP contribution in [0.4, 0.5) is 0 Å². The maximum atomic E-state index is 12.9. The molecule has 12 atom stereocenters. The van der Waals surface area contributed by atoms with Gasteiger partial charge in [0.2, 0.25) is 0 Å². The van der Waals surface area contributed by atoms with E-state index in [-0.39, 0.29) is 106 Å². The van der Waals surface area contributed by atoms with Gasteiger partial charge in [-0.05, 0) is 187 Å². The van der Waals surface area contributed by atoms with Crippen molar-refractivity contribution in [1.82, 2.24) is 47.9 Å². The molecule has 0 bridgehead atoms. The van der Waals surface area contributed by atoms with Gasteiger partial charge in [0.25, 0.3) is 47.3 Å². The van der Waals surface area contributed by atoms with Crippen molar-refractivity contribution >= 4 is 124 Å². The van der Waals surface area contributed by atoms with E-state index in [9.17, 15) is 99.6 Å². The maximum Gasteiger partial charge on any atom is 0.251 e. The van der Waals surface area contributed by atoms with Gasteiger partial charge < -0.3 is 159 Å². The average Bonchev–Trinajstić information content (AvgIpc) is 0.797. The van der Waals surface area contributed by atoms with Gasteiger partial charge in [-0.3, -0.25) is 38.4 Å². The molecule has 0 heterocycles. The zero-order valence-corrected chi connectivity index (χ0v) is 81.7. The van der Waals surface area contributed by atoms with Crippen LogP contribution in [0.25, 0.3) is 5.70 Å². The van der Waals surface area contributed by atoms with Crippen LogP contribution in [0, 0.1) is 0 Å². The highest BCUT2D eigenvalue weighted by Gasteiger charge is 2.34. The standard InChI is InChI=1S/C39H54N3O17P.C34H44N3O8P.C28H32N3O5P/c1-19(45)31(51)32(52)26(46)14-40-37(57)20-2-8-23(9-3-20)60(24-10-4-21(5-11-24)38(58)41-15-27(47)33(53)35(55)29(49)17-43)25-12-6-22(7-13-25)39(59)42-16-28(48)34(54)36(56)30(50)18-44;1-26(35-14-20-43-23-17-38)27-2-8-30(9-3-27)46(31-10-4-28(5-11-31)33(41)36-15-21-44-24-18-39)32-12-6-29(7-13-32)34(42)37-16-22-45-25-19-40;1-2-15-29-26(34)20-3-9-23(10-4-20)37(24-11-5-21(6-12-24)27(35)30-16-18-32)25-13-7-22(8-14-25)28(36)31-17-19-33/h2-13,19,26-36,43-56H,14-18H2,1H3,(H,40,57)(H,41,58)(H,42,59);2-13,35,38-40H,1,14-25H2,(H,36,41)(H,37,42);3-14,32-33H,2,15-19H2,1H3,(H,29,34)(H,30,35)(H,31,36). The molecular formula is C101H130N9O30P3. The highest BCUT2D eigenvalue weighted by molar-refractivity contribution is 7.80. The molecule has 42 heteroatoms. The van der Waals surface area contributed by atoms with Crippen molar-refractivity contribution in [3.63, 3.8) is 0 Å². The van der Waals surface area contributed by atoms with E-state index in [0.717, 1.165) is 49.5 Å². The van der Waals surface area contributed by atoms with E-state index in [4.69, 9.17) is 50.0 Å². The van der Waals surface area contributed by atoms with E-state index in [1.807, 2.05) is 91.9 Å². The Hall–Kier alpha value is -11.3. The molecule has 774 valence electrons. The van der Waals surface area contributed by atoms with Crippen LogP contribution in [0.15, 0.2) is 225 Å². The Morgan fingerprint density at radius 3 is 0.636 bits per heavy atom. The summed E-state index contributed by atoms with van der Waals surface area (Å²) in [6, 6.07) is 64.2. The first-order valence-corrected chi connectivity index (χ1v) is 50.0. The molecule has 9 rings (SSSR count). The van der Waals surface area contributed by atoms with Crippen LogP contribution in [0.3, 0.4) is 0 Å². The summed E-state index contributed by atoms with van der Waals surface area (Å²) in [5, 5.41) is 214. The molecule has 8 amide bonds. The zero-order chi connectivity index (χ0) is 104. The lowest BCUT2D eigenvalue weighted by molar-refractivity contribution is -0.113. The van der Waals surface area contributed by atoms with Crippen LogP contribution in [0.2, 0.25) is 0 Å². The van der Waals surface area contributed by atoms with Crippen molar-refractivity contribution in [3.05, 3.63) is 275 Å². The van der Waals surface area contributed by atoms with Gasteiger partial charge in [-0.2, -0.15) is 0 Å². The highest BCUT2D eigenvalue weighted by atomic mass is 31.1. The summed E-state index contributed by atoms with van der Waals surface area (Å²) in [6.45, 7) is 7.82. The van der Waals surface area contributed by atoms with Crippen molar-refractivity contribution in [1.29, 1.82) is 0 Å². The fourth-order valence-corrected chi connectivity index (χ4v) is 20.3. The second-order valence-corrected chi connectivity index (χ2v) is 38.7. The number of aliphatic hydroxyl groups is 19. The number of nitrogens with one attached hydrogen (secondary N) is 9. The number of amides is 8. The van der Waals surface area contributed by atoms with Gasteiger partial charge in [-0.1, -0.05) is 135 Å². The second kappa shape index (κ2) is 63.7. The number of hydrogen-bond acceptors (Lipinski definition) is 31. The van der Waals surface area contributed by atoms with Crippen LogP contribution in [-0.4, -0.2) is 362 Å². The summed E-state index contributed by atoms with van der Waals surface area (Å²) in [5.74, 6) is -2.99. The molecule has 0 radical (unpaired) electrons. The molecule has 0 aliphatic heterocycles. The number of carbonyl (C=O) groups excluding carboxylic acids is 8. The summed E-state index contributed by atoms with van der Waals surface area (Å²) in [4.78, 5) is 101. The SMILES string of the molecule is C=C(NCCOCCO)c1ccc(P(c2ccc(C(=O)NCCOCCO)cc2)c2ccc(C(=O)NCCOCCO)cc2)cc1.CC(O)C(O)C(O)C(O)CNC(=O)c1ccc(P(c2ccc(C(=O)NCC(O)C(O)C(O)C(O)CO)cc2)c2ccc(C(=O)NCC(O)C(O)C(O)C(O)CO)cc2)cc1.CCCNC(=O)c1ccc(P(c2ccc(C(=O)NCCO)cc2)c2ccc(C(=O)NCCO)cc2)cc1. The molecule has 0 aromatic heterocycles. The van der Waals surface area contributed by atoms with Crippen LogP contribution < -0.4 is 95.6 Å². The van der Waals surface area contributed by atoms with Gasteiger partial charge in [0.05, 0.1) is 110 Å². The molecule has 0 aliphatic carbocycles. The Balaban J connectivity index is 0.000000300. The van der Waals surface area contributed by atoms with Gasteiger partial charge >= 0.3 is 0 Å². The van der Waals surface area contributed by atoms with Crippen LogP contribution in [-0.2, 0) is 14.2 Å². The van der Waals surface area contributed by atoms with Gasteiger partial charge in [0.1, 0.15) is 48.8 Å². The zero-order valence-electron chi connectivity index (χ0n) is 79.0. The number of hydrogen-bond donors (Lipinski definition) is 28. The van der Waals surface area contributed by atoms with Crippen molar-refractivity contribution in [2.24, 2.45) is 0 Å². The molecule has 0 aliphatic rings. The number of rotatable bonds is 57. The summed E-state index contributed by atoms with van der Waals surface area (Å²) < 4.78 is 15.7. The van der Waals surface area contributed by atoms with Crippen molar-refractivity contribution in [2.45, 2.75) is 93.5 Å². The van der Waals surface area contributed by atoms with Gasteiger partial charge in [-0.25, -0.2) is 0 Å². The third-order valence-corrected chi connectivity index (χ3v) is 28.9. The number of ether oxygens (including phenoxy) is 3. The van der Waals surface area contributed by atoms with Crippen LogP contribution in [0.1, 0.15) is 109 Å². The number of benzene rings is 9.